The zero-order valence-corrected chi connectivity index (χ0v) is 20.2. The maximum atomic E-state index is 13.7. The second kappa shape index (κ2) is 12.8. The Bertz CT molecular complexity index is 1200. The van der Waals surface area contributed by atoms with Crippen molar-refractivity contribution in [2.45, 2.75) is 13.0 Å². The van der Waals surface area contributed by atoms with Gasteiger partial charge in [-0.25, -0.2) is 14.0 Å². The number of carbonyl (C=O) groups is 2. The fraction of sp³-hybridized carbons (Fsp3) is 0.172. The van der Waals surface area contributed by atoms with Crippen LogP contribution in [0.15, 0.2) is 97.2 Å². The SMILES string of the molecule is C[C@@H](C(=O)O)N(C/C=C/N(C)CC#Cc1ccc(F)cc1)C(=O)N(c1ccccc1)c1ccccc1. The number of halogens is 1. The number of rotatable bonds is 8. The van der Waals surface area contributed by atoms with Gasteiger partial charge in [0.2, 0.25) is 0 Å². The number of hydrogen-bond donors (Lipinski definition) is 1. The lowest BCUT2D eigenvalue weighted by atomic mass is 10.2. The monoisotopic (exact) mass is 485 g/mol. The van der Waals surface area contributed by atoms with Crippen LogP contribution < -0.4 is 4.90 Å². The molecule has 3 rings (SSSR count). The van der Waals surface area contributed by atoms with Crippen molar-refractivity contribution in [2.75, 3.05) is 25.0 Å². The molecule has 0 aliphatic rings. The largest absolute Gasteiger partial charge is 0.480 e. The molecule has 0 spiro atoms. The second-order valence-electron chi connectivity index (χ2n) is 8.06. The summed E-state index contributed by atoms with van der Waals surface area (Å²) in [7, 11) is 1.82. The summed E-state index contributed by atoms with van der Waals surface area (Å²) in [5.41, 5.74) is 1.98. The van der Waals surface area contributed by atoms with Crippen LogP contribution in [0, 0.1) is 17.7 Å². The molecule has 0 aromatic heterocycles. The van der Waals surface area contributed by atoms with Gasteiger partial charge >= 0.3 is 12.0 Å². The van der Waals surface area contributed by atoms with Crippen molar-refractivity contribution in [2.24, 2.45) is 0 Å². The van der Waals surface area contributed by atoms with Crippen LogP contribution in [0.1, 0.15) is 12.5 Å². The lowest BCUT2D eigenvalue weighted by Crippen LogP contribution is -2.48. The number of aliphatic carboxylic acids is 1. The molecule has 36 heavy (non-hydrogen) atoms. The van der Waals surface area contributed by atoms with Crippen LogP contribution in [0.25, 0.3) is 0 Å². The van der Waals surface area contributed by atoms with Gasteiger partial charge < -0.3 is 14.9 Å². The topological polar surface area (TPSA) is 64.1 Å². The van der Waals surface area contributed by atoms with Crippen molar-refractivity contribution in [3.05, 3.63) is 109 Å². The van der Waals surface area contributed by atoms with Gasteiger partial charge in [-0.05, 0) is 67.7 Å². The number of carboxylic acid groups (broad SMARTS) is 1. The average Bonchev–Trinajstić information content (AvgIpc) is 2.89. The maximum Gasteiger partial charge on any atom is 0.330 e. The molecule has 0 saturated carbocycles. The Balaban J connectivity index is 1.76. The molecule has 0 fully saturated rings. The summed E-state index contributed by atoms with van der Waals surface area (Å²) in [5, 5.41) is 9.69. The van der Waals surface area contributed by atoms with Crippen LogP contribution in [0.4, 0.5) is 20.6 Å². The minimum absolute atomic E-state index is 0.0815. The molecule has 0 heterocycles. The minimum atomic E-state index is -1.10. The highest BCUT2D eigenvalue weighted by Crippen LogP contribution is 2.27. The smallest absolute Gasteiger partial charge is 0.330 e. The van der Waals surface area contributed by atoms with Crippen LogP contribution in [-0.4, -0.2) is 53.1 Å². The van der Waals surface area contributed by atoms with Crippen molar-refractivity contribution in [1.82, 2.24) is 9.80 Å². The zero-order chi connectivity index (χ0) is 25.9. The molecule has 0 radical (unpaired) electrons. The van der Waals surface area contributed by atoms with Gasteiger partial charge in [0.1, 0.15) is 11.9 Å². The Labute approximate surface area is 210 Å². The molecule has 0 unspecified atom stereocenters. The number of hydrogen-bond acceptors (Lipinski definition) is 3. The molecule has 1 N–H and O–H groups in total. The Morgan fingerprint density at radius 2 is 1.50 bits per heavy atom. The first-order valence-electron chi connectivity index (χ1n) is 11.4. The lowest BCUT2D eigenvalue weighted by Gasteiger charge is -2.32. The summed E-state index contributed by atoms with van der Waals surface area (Å²) < 4.78 is 13.0. The lowest BCUT2D eigenvalue weighted by molar-refractivity contribution is -0.141. The average molecular weight is 486 g/mol. The van der Waals surface area contributed by atoms with E-state index in [1.54, 1.807) is 48.7 Å². The Morgan fingerprint density at radius 1 is 0.944 bits per heavy atom. The number of amides is 2. The Morgan fingerprint density at radius 3 is 2.03 bits per heavy atom. The Hall–Kier alpha value is -4.57. The molecular formula is C29H28FN3O3. The van der Waals surface area contributed by atoms with Gasteiger partial charge in [0.25, 0.3) is 0 Å². The number of carboxylic acids is 1. The predicted octanol–water partition coefficient (Wildman–Crippen LogP) is 5.36. The molecule has 7 heteroatoms. The predicted molar refractivity (Wildman–Crippen MR) is 139 cm³/mol. The first-order valence-corrected chi connectivity index (χ1v) is 11.4. The van der Waals surface area contributed by atoms with Crippen molar-refractivity contribution in [3.8, 4) is 11.8 Å². The van der Waals surface area contributed by atoms with Gasteiger partial charge in [0.15, 0.2) is 0 Å². The van der Waals surface area contributed by atoms with E-state index in [4.69, 9.17) is 0 Å². The van der Waals surface area contributed by atoms with Gasteiger partial charge in [0.05, 0.1) is 17.9 Å². The number of para-hydroxylation sites is 2. The fourth-order valence-corrected chi connectivity index (χ4v) is 3.38. The van der Waals surface area contributed by atoms with Crippen molar-refractivity contribution in [1.29, 1.82) is 0 Å². The first kappa shape index (κ1) is 26.0. The molecule has 2 amide bonds. The Kier molecular flexibility index (Phi) is 9.24. The number of nitrogens with zero attached hydrogens (tertiary/aromatic N) is 3. The molecule has 0 saturated heterocycles. The third-order valence-electron chi connectivity index (χ3n) is 5.36. The molecule has 1 atom stereocenters. The van der Waals surface area contributed by atoms with E-state index in [1.165, 1.54) is 28.9 Å². The highest BCUT2D eigenvalue weighted by Gasteiger charge is 2.30. The number of urea groups is 1. The summed E-state index contributed by atoms with van der Waals surface area (Å²) in [5.74, 6) is 4.55. The summed E-state index contributed by atoms with van der Waals surface area (Å²) in [6.45, 7) is 1.97. The number of carbonyl (C=O) groups excluding carboxylic acids is 1. The number of anilines is 2. The quantitative estimate of drug-likeness (QED) is 0.437. The third kappa shape index (κ3) is 7.21. The van der Waals surface area contributed by atoms with E-state index in [0.29, 0.717) is 23.5 Å². The van der Waals surface area contributed by atoms with Gasteiger partial charge in [-0.3, -0.25) is 4.90 Å². The summed E-state index contributed by atoms with van der Waals surface area (Å²) in [4.78, 5) is 30.2. The summed E-state index contributed by atoms with van der Waals surface area (Å²) in [6, 6.07) is 22.7. The van der Waals surface area contributed by atoms with Crippen LogP contribution >= 0.6 is 0 Å². The summed E-state index contributed by atoms with van der Waals surface area (Å²) >= 11 is 0. The van der Waals surface area contributed by atoms with E-state index >= 15 is 0 Å². The van der Waals surface area contributed by atoms with Gasteiger partial charge in [0, 0.05) is 19.2 Å². The van der Waals surface area contributed by atoms with Gasteiger partial charge in [-0.1, -0.05) is 48.2 Å². The van der Waals surface area contributed by atoms with E-state index in [-0.39, 0.29) is 12.4 Å². The van der Waals surface area contributed by atoms with Crippen molar-refractivity contribution < 1.29 is 19.1 Å². The second-order valence-corrected chi connectivity index (χ2v) is 8.06. The molecular weight excluding hydrogens is 457 g/mol. The van der Waals surface area contributed by atoms with Crippen molar-refractivity contribution >= 4 is 23.4 Å². The van der Waals surface area contributed by atoms with E-state index in [1.807, 2.05) is 48.3 Å². The normalized spacial score (nSPS) is 11.3. The molecule has 0 aliphatic heterocycles. The highest BCUT2D eigenvalue weighted by molar-refractivity contribution is 6.00. The number of benzene rings is 3. The third-order valence-corrected chi connectivity index (χ3v) is 5.36. The molecule has 184 valence electrons. The van der Waals surface area contributed by atoms with E-state index in [0.717, 1.165) is 0 Å². The van der Waals surface area contributed by atoms with Crippen LogP contribution in [0.2, 0.25) is 0 Å². The van der Waals surface area contributed by atoms with E-state index < -0.39 is 18.0 Å². The van der Waals surface area contributed by atoms with E-state index in [9.17, 15) is 19.1 Å². The van der Waals surface area contributed by atoms with Gasteiger partial charge in [-0.15, -0.1) is 0 Å². The molecule has 3 aromatic carbocycles. The molecule has 0 bridgehead atoms. The zero-order valence-electron chi connectivity index (χ0n) is 20.2. The molecule has 3 aromatic rings. The minimum Gasteiger partial charge on any atom is -0.480 e. The van der Waals surface area contributed by atoms with Crippen molar-refractivity contribution in [3.63, 3.8) is 0 Å². The molecule has 0 aliphatic carbocycles. The molecule has 6 nitrogen and oxygen atoms in total. The first-order chi connectivity index (χ1) is 17.4. The fourth-order valence-electron chi connectivity index (χ4n) is 3.38. The summed E-state index contributed by atoms with van der Waals surface area (Å²) in [6.07, 6.45) is 3.48. The standard InChI is InChI=1S/C29H28FN3O3/c1-23(28(34)35)32(22-10-21-31(2)20-9-11-24-16-18-25(30)19-17-24)29(36)33(26-12-5-3-6-13-26)27-14-7-4-8-15-27/h3-8,10,12-19,21,23H,20,22H2,1-2H3,(H,34,35)/b21-10+/t23-/m0/s1. The van der Waals surface area contributed by atoms with Crippen LogP contribution in [0.5, 0.6) is 0 Å². The van der Waals surface area contributed by atoms with Gasteiger partial charge in [-0.2, -0.15) is 0 Å². The van der Waals surface area contributed by atoms with Crippen LogP contribution in [0.3, 0.4) is 0 Å². The van der Waals surface area contributed by atoms with E-state index in [2.05, 4.69) is 11.8 Å². The van der Waals surface area contributed by atoms with Crippen LogP contribution in [-0.2, 0) is 4.79 Å². The highest BCUT2D eigenvalue weighted by atomic mass is 19.1. The maximum absolute atomic E-state index is 13.7.